The van der Waals surface area contributed by atoms with Crippen molar-refractivity contribution in [1.29, 1.82) is 0 Å². The molecular weight excluding hydrogens is 392 g/mol. The first-order valence-electron chi connectivity index (χ1n) is 9.86. The van der Waals surface area contributed by atoms with Crippen LogP contribution in [0.25, 0.3) is 0 Å². The highest BCUT2D eigenvalue weighted by Gasteiger charge is 2.38. The van der Waals surface area contributed by atoms with Crippen LogP contribution in [0.1, 0.15) is 37.2 Å². The van der Waals surface area contributed by atoms with Crippen LogP contribution in [-0.4, -0.2) is 40.1 Å². The van der Waals surface area contributed by atoms with E-state index in [0.29, 0.717) is 0 Å². The minimum Gasteiger partial charge on any atom is -0.354 e. The Hall–Kier alpha value is -1.50. The van der Waals surface area contributed by atoms with Gasteiger partial charge in [-0.2, -0.15) is 5.10 Å². The number of carbonyl (C=O) groups is 1. The Labute approximate surface area is 177 Å². The van der Waals surface area contributed by atoms with Crippen molar-refractivity contribution in [2.75, 3.05) is 19.6 Å². The predicted octanol–water partition coefficient (Wildman–Crippen LogP) is 3.37. The number of aryl methyl sites for hydroxylation is 1. The van der Waals surface area contributed by atoms with Crippen LogP contribution in [0.15, 0.2) is 47.6 Å². The van der Waals surface area contributed by atoms with E-state index in [9.17, 15) is 4.79 Å². The van der Waals surface area contributed by atoms with Crippen molar-refractivity contribution >= 4 is 30.1 Å². The summed E-state index contributed by atoms with van der Waals surface area (Å²) in [4.78, 5) is 14.3. The molecule has 5 nitrogen and oxygen atoms in total. The number of rotatable bonds is 6. The van der Waals surface area contributed by atoms with Gasteiger partial charge in [-0.15, -0.1) is 24.2 Å². The zero-order valence-electron chi connectivity index (χ0n) is 16.3. The van der Waals surface area contributed by atoms with E-state index in [1.165, 1.54) is 30.6 Å². The van der Waals surface area contributed by atoms with Crippen molar-refractivity contribution in [3.8, 4) is 0 Å². The molecule has 1 aromatic carbocycles. The molecule has 1 aliphatic carbocycles. The van der Waals surface area contributed by atoms with Gasteiger partial charge in [0.25, 0.3) is 0 Å². The first-order chi connectivity index (χ1) is 13.2. The number of nitrogens with zero attached hydrogens (tertiary/aromatic N) is 2. The topological polar surface area (TPSA) is 59.0 Å². The molecular formula is C21H29ClN4OS. The van der Waals surface area contributed by atoms with Gasteiger partial charge < -0.3 is 10.6 Å². The molecule has 1 aliphatic heterocycles. The van der Waals surface area contributed by atoms with Gasteiger partial charge in [-0.05, 0) is 30.5 Å². The second-order valence-electron chi connectivity index (χ2n) is 7.84. The van der Waals surface area contributed by atoms with Crippen LogP contribution >= 0.6 is 24.2 Å². The first-order valence-corrected chi connectivity index (χ1v) is 10.7. The quantitative estimate of drug-likeness (QED) is 0.752. The van der Waals surface area contributed by atoms with E-state index >= 15 is 0 Å². The molecule has 2 aliphatic rings. The van der Waals surface area contributed by atoms with Gasteiger partial charge in [0.2, 0.25) is 5.91 Å². The maximum atomic E-state index is 13.0. The summed E-state index contributed by atoms with van der Waals surface area (Å²) in [6, 6.07) is 10.6. The Kier molecular flexibility index (Phi) is 7.07. The molecule has 152 valence electrons. The summed E-state index contributed by atoms with van der Waals surface area (Å²) < 4.78 is 1.94. The van der Waals surface area contributed by atoms with Crippen molar-refractivity contribution in [1.82, 2.24) is 20.4 Å². The molecule has 4 rings (SSSR count). The van der Waals surface area contributed by atoms with Crippen molar-refractivity contribution in [2.45, 2.75) is 41.2 Å². The van der Waals surface area contributed by atoms with Crippen LogP contribution in [0, 0.1) is 5.92 Å². The Bertz CT molecular complexity index is 776. The third-order valence-electron chi connectivity index (χ3n) is 5.88. The maximum Gasteiger partial charge on any atom is 0.225 e. The van der Waals surface area contributed by atoms with Crippen molar-refractivity contribution in [2.24, 2.45) is 13.0 Å². The van der Waals surface area contributed by atoms with E-state index in [-0.39, 0.29) is 34.9 Å². The smallest absolute Gasteiger partial charge is 0.225 e. The summed E-state index contributed by atoms with van der Waals surface area (Å²) in [5, 5.41) is 11.0. The zero-order valence-corrected chi connectivity index (χ0v) is 17.9. The van der Waals surface area contributed by atoms with E-state index in [1.807, 2.05) is 35.9 Å². The summed E-state index contributed by atoms with van der Waals surface area (Å²) in [6.07, 6.45) is 8.75. The Morgan fingerprint density at radius 3 is 2.71 bits per heavy atom. The molecule has 1 amide bonds. The molecule has 2 N–H and O–H groups in total. The van der Waals surface area contributed by atoms with Gasteiger partial charge >= 0.3 is 0 Å². The lowest BCUT2D eigenvalue weighted by Crippen LogP contribution is -2.42. The SMILES string of the molecule is Cl.Cn1cc([C@H]2CNC[C@@H]2C(=O)NCC2(Sc3ccccc3)CCCC2)cn1. The molecule has 2 aromatic rings. The fourth-order valence-electron chi connectivity index (χ4n) is 4.39. The highest BCUT2D eigenvalue weighted by Crippen LogP contribution is 2.45. The van der Waals surface area contributed by atoms with E-state index in [2.05, 4.69) is 46.1 Å². The number of carbonyl (C=O) groups excluding carboxylic acids is 1. The maximum absolute atomic E-state index is 13.0. The fraction of sp³-hybridized carbons (Fsp3) is 0.524. The molecule has 2 fully saturated rings. The predicted molar refractivity (Wildman–Crippen MR) is 116 cm³/mol. The summed E-state index contributed by atoms with van der Waals surface area (Å²) in [6.45, 7) is 2.33. The highest BCUT2D eigenvalue weighted by molar-refractivity contribution is 8.00. The average Bonchev–Trinajstić information content (AvgIpc) is 3.41. The van der Waals surface area contributed by atoms with Gasteiger partial charge in [0.15, 0.2) is 0 Å². The largest absolute Gasteiger partial charge is 0.354 e. The van der Waals surface area contributed by atoms with E-state index < -0.39 is 0 Å². The van der Waals surface area contributed by atoms with Gasteiger partial charge in [-0.3, -0.25) is 9.48 Å². The Morgan fingerprint density at radius 2 is 2.04 bits per heavy atom. The molecule has 2 heterocycles. The van der Waals surface area contributed by atoms with Gasteiger partial charge in [0, 0.05) is 48.4 Å². The number of hydrogen-bond acceptors (Lipinski definition) is 4. The van der Waals surface area contributed by atoms with E-state index in [0.717, 1.165) is 25.2 Å². The number of nitrogens with one attached hydrogen (secondary N) is 2. The number of amides is 1. The van der Waals surface area contributed by atoms with Crippen LogP contribution < -0.4 is 10.6 Å². The van der Waals surface area contributed by atoms with E-state index in [4.69, 9.17) is 0 Å². The summed E-state index contributed by atoms with van der Waals surface area (Å²) in [7, 11) is 1.92. The lowest BCUT2D eigenvalue weighted by Gasteiger charge is -2.30. The van der Waals surface area contributed by atoms with Crippen LogP contribution in [0.4, 0.5) is 0 Å². The number of hydrogen-bond donors (Lipinski definition) is 2. The summed E-state index contributed by atoms with van der Waals surface area (Å²) in [5.41, 5.74) is 1.15. The van der Waals surface area contributed by atoms with Crippen LogP contribution in [0.5, 0.6) is 0 Å². The normalized spacial score (nSPS) is 23.3. The lowest BCUT2D eigenvalue weighted by molar-refractivity contribution is -0.124. The van der Waals surface area contributed by atoms with Crippen LogP contribution in [-0.2, 0) is 11.8 Å². The first kappa shape index (κ1) is 21.2. The van der Waals surface area contributed by atoms with Crippen LogP contribution in [0.2, 0.25) is 0 Å². The van der Waals surface area contributed by atoms with Crippen LogP contribution in [0.3, 0.4) is 0 Å². The van der Waals surface area contributed by atoms with Gasteiger partial charge in [-0.1, -0.05) is 31.0 Å². The summed E-state index contributed by atoms with van der Waals surface area (Å²) in [5.74, 6) is 0.364. The minimum atomic E-state index is -0.0191. The zero-order chi connectivity index (χ0) is 18.7. The molecule has 2 atom stereocenters. The molecule has 0 unspecified atom stereocenters. The lowest BCUT2D eigenvalue weighted by atomic mass is 9.90. The third kappa shape index (κ3) is 4.73. The summed E-state index contributed by atoms with van der Waals surface area (Å²) >= 11 is 1.94. The van der Waals surface area contributed by atoms with Crippen molar-refractivity contribution in [3.63, 3.8) is 0 Å². The monoisotopic (exact) mass is 420 g/mol. The molecule has 1 aromatic heterocycles. The number of aromatic nitrogens is 2. The van der Waals surface area contributed by atoms with Gasteiger partial charge in [0.1, 0.15) is 0 Å². The van der Waals surface area contributed by atoms with Crippen molar-refractivity contribution in [3.05, 3.63) is 48.3 Å². The second-order valence-corrected chi connectivity index (χ2v) is 9.38. The molecule has 0 spiro atoms. The molecule has 7 heteroatoms. The average molecular weight is 421 g/mol. The second kappa shape index (κ2) is 9.33. The number of halogens is 1. The van der Waals surface area contributed by atoms with Gasteiger partial charge in [0.05, 0.1) is 12.1 Å². The molecule has 0 radical (unpaired) electrons. The minimum absolute atomic E-state index is 0. The molecule has 0 bridgehead atoms. The van der Waals surface area contributed by atoms with E-state index in [1.54, 1.807) is 0 Å². The van der Waals surface area contributed by atoms with Crippen molar-refractivity contribution < 1.29 is 4.79 Å². The molecule has 1 saturated heterocycles. The Balaban J connectivity index is 0.00000225. The number of benzene rings is 1. The standard InChI is InChI=1S/C21H28N4OS.ClH/c1-25-14-16(11-24-25)18-12-22-13-19(18)20(26)23-15-21(9-5-6-10-21)27-17-7-3-2-4-8-17;/h2-4,7-8,11,14,18-19,22H,5-6,9-10,12-13,15H2,1H3,(H,23,26);1H/t18-,19+;/m1./s1. The molecule has 1 saturated carbocycles. The molecule has 28 heavy (non-hydrogen) atoms. The Morgan fingerprint density at radius 1 is 1.29 bits per heavy atom. The third-order valence-corrected chi connectivity index (χ3v) is 7.37. The number of thioether (sulfide) groups is 1. The van der Waals surface area contributed by atoms with Gasteiger partial charge in [-0.25, -0.2) is 0 Å². The highest BCUT2D eigenvalue weighted by atomic mass is 35.5. The fourth-order valence-corrected chi connectivity index (χ4v) is 5.82.